The van der Waals surface area contributed by atoms with Crippen LogP contribution in [0.5, 0.6) is 5.75 Å². The van der Waals surface area contributed by atoms with Crippen LogP contribution in [0.25, 0.3) is 0 Å². The summed E-state index contributed by atoms with van der Waals surface area (Å²) in [6.07, 6.45) is -0.560. The Hall–Kier alpha value is -2.85. The highest BCUT2D eigenvalue weighted by atomic mass is 16.6. The van der Waals surface area contributed by atoms with Gasteiger partial charge in [0.1, 0.15) is 17.6 Å². The zero-order valence-electron chi connectivity index (χ0n) is 25.8. The second-order valence-corrected chi connectivity index (χ2v) is 12.5. The van der Waals surface area contributed by atoms with Gasteiger partial charge in [-0.2, -0.15) is 0 Å². The van der Waals surface area contributed by atoms with E-state index in [2.05, 4.69) is 16.0 Å². The fraction of sp³-hybridized carbons (Fsp3) is 0.700. The molecule has 1 rings (SSSR count). The van der Waals surface area contributed by atoms with Crippen molar-refractivity contribution in [3.05, 3.63) is 29.8 Å². The van der Waals surface area contributed by atoms with Crippen LogP contribution in [-0.4, -0.2) is 67.8 Å². The Bertz CT molecular complexity index is 938. The molecule has 10 heteroatoms. The lowest BCUT2D eigenvalue weighted by Gasteiger charge is -2.30. The monoisotopic (exact) mass is 565 g/mol. The Morgan fingerprint density at radius 3 is 2.17 bits per heavy atom. The van der Waals surface area contributed by atoms with Gasteiger partial charge in [0.2, 0.25) is 5.91 Å². The number of hydrogen-bond donors (Lipinski definition) is 4. The van der Waals surface area contributed by atoms with Crippen LogP contribution in [0.3, 0.4) is 0 Å². The highest BCUT2D eigenvalue weighted by Gasteiger charge is 2.29. The van der Waals surface area contributed by atoms with Gasteiger partial charge >= 0.3 is 6.09 Å². The van der Waals surface area contributed by atoms with E-state index in [4.69, 9.17) is 14.2 Å². The summed E-state index contributed by atoms with van der Waals surface area (Å²) in [5.74, 6) is 0.0302. The summed E-state index contributed by atoms with van der Waals surface area (Å²) in [5.41, 5.74) is -0.937. The van der Waals surface area contributed by atoms with Crippen molar-refractivity contribution < 1.29 is 33.7 Å². The van der Waals surface area contributed by atoms with Gasteiger partial charge in [-0.3, -0.25) is 9.59 Å². The molecule has 3 amide bonds. The van der Waals surface area contributed by atoms with Gasteiger partial charge < -0.3 is 35.3 Å². The summed E-state index contributed by atoms with van der Waals surface area (Å²) >= 11 is 0. The minimum atomic E-state index is -1.17. The number of carbonyl (C=O) groups is 3. The number of aliphatic hydroxyl groups excluding tert-OH is 1. The zero-order chi connectivity index (χ0) is 30.5. The van der Waals surface area contributed by atoms with Gasteiger partial charge in [-0.15, -0.1) is 0 Å². The molecule has 0 spiro atoms. The molecule has 0 bridgehead atoms. The van der Waals surface area contributed by atoms with Crippen LogP contribution < -0.4 is 20.7 Å². The van der Waals surface area contributed by atoms with E-state index in [1.54, 1.807) is 66.9 Å². The summed E-state index contributed by atoms with van der Waals surface area (Å²) in [7, 11) is 1.63. The van der Waals surface area contributed by atoms with Crippen LogP contribution >= 0.6 is 0 Å². The van der Waals surface area contributed by atoms with Crippen molar-refractivity contribution in [1.29, 1.82) is 0 Å². The third-order valence-corrected chi connectivity index (χ3v) is 6.14. The number of alkyl carbamates (subject to hydrolysis) is 1. The SMILES string of the molecule is COCCCOc1ccccc1C(=O)NC[C@@H](C[C@@H](C[C@H](O)NC(=O)C(C)(C)C)NC(=O)OC(C)(C)C)C(C)C. The molecule has 0 radical (unpaired) electrons. The molecular formula is C30H51N3O7. The maximum atomic E-state index is 13.1. The molecule has 1 aromatic rings. The second-order valence-electron chi connectivity index (χ2n) is 12.5. The van der Waals surface area contributed by atoms with Gasteiger partial charge in [-0.25, -0.2) is 4.79 Å². The predicted octanol–water partition coefficient (Wildman–Crippen LogP) is 4.26. The number of methoxy groups -OCH3 is 1. The lowest BCUT2D eigenvalue weighted by molar-refractivity contribution is -0.131. The van der Waals surface area contributed by atoms with E-state index in [0.717, 1.165) is 0 Å². The van der Waals surface area contributed by atoms with E-state index in [1.165, 1.54) is 0 Å². The van der Waals surface area contributed by atoms with Crippen molar-refractivity contribution in [3.63, 3.8) is 0 Å². The van der Waals surface area contributed by atoms with Gasteiger partial charge in [-0.1, -0.05) is 46.8 Å². The first-order valence-corrected chi connectivity index (χ1v) is 14.0. The maximum absolute atomic E-state index is 13.1. The van der Waals surface area contributed by atoms with Crippen molar-refractivity contribution >= 4 is 17.9 Å². The maximum Gasteiger partial charge on any atom is 0.407 e. The van der Waals surface area contributed by atoms with Crippen molar-refractivity contribution in [1.82, 2.24) is 16.0 Å². The molecule has 0 heterocycles. The van der Waals surface area contributed by atoms with E-state index < -0.39 is 29.4 Å². The molecule has 0 aromatic heterocycles. The largest absolute Gasteiger partial charge is 0.493 e. The van der Waals surface area contributed by atoms with E-state index in [0.29, 0.717) is 43.9 Å². The average Bonchev–Trinajstić information content (AvgIpc) is 2.82. The van der Waals surface area contributed by atoms with Crippen LogP contribution in [-0.2, 0) is 14.3 Å². The molecule has 4 N–H and O–H groups in total. The summed E-state index contributed by atoms with van der Waals surface area (Å²) in [4.78, 5) is 38.1. The number of ether oxygens (including phenoxy) is 3. The van der Waals surface area contributed by atoms with Crippen molar-refractivity contribution in [2.24, 2.45) is 17.3 Å². The summed E-state index contributed by atoms with van der Waals surface area (Å²) in [6.45, 7) is 16.0. The number of hydrogen-bond acceptors (Lipinski definition) is 7. The molecular weight excluding hydrogens is 514 g/mol. The number of para-hydroxylation sites is 1. The lowest BCUT2D eigenvalue weighted by Crippen LogP contribution is -2.48. The van der Waals surface area contributed by atoms with Crippen LogP contribution in [0.2, 0.25) is 0 Å². The van der Waals surface area contributed by atoms with Crippen molar-refractivity contribution in [2.45, 2.75) is 92.5 Å². The number of rotatable bonds is 15. The molecule has 228 valence electrons. The fourth-order valence-corrected chi connectivity index (χ4v) is 3.83. The lowest BCUT2D eigenvalue weighted by atomic mass is 9.87. The molecule has 0 saturated heterocycles. The van der Waals surface area contributed by atoms with E-state index in [1.807, 2.05) is 19.9 Å². The first-order chi connectivity index (χ1) is 18.5. The molecule has 0 aliphatic rings. The summed E-state index contributed by atoms with van der Waals surface area (Å²) in [5, 5.41) is 19.1. The molecule has 0 aliphatic heterocycles. The van der Waals surface area contributed by atoms with Gasteiger partial charge in [0.05, 0.1) is 12.2 Å². The molecule has 0 aliphatic carbocycles. The number of carbonyl (C=O) groups excluding carboxylic acids is 3. The summed E-state index contributed by atoms with van der Waals surface area (Å²) in [6, 6.07) is 6.55. The zero-order valence-corrected chi connectivity index (χ0v) is 25.8. The quantitative estimate of drug-likeness (QED) is 0.184. The van der Waals surface area contributed by atoms with Crippen LogP contribution in [0.1, 0.15) is 85.0 Å². The van der Waals surface area contributed by atoms with E-state index >= 15 is 0 Å². The highest BCUT2D eigenvalue weighted by Crippen LogP contribution is 2.22. The standard InChI is InChI=1S/C30H51N3O7/c1-20(2)21(19-31-26(35)23-13-10-11-14-24(23)39-16-12-15-38-9)17-22(32-28(37)40-30(6,7)8)18-25(34)33-27(36)29(3,4)5/h10-11,13-14,20-22,25,34H,12,15-19H2,1-9H3,(H,31,35)(H,32,37)(H,33,36)/t21-,22+,25+/m1/s1. The smallest absolute Gasteiger partial charge is 0.407 e. The average molecular weight is 566 g/mol. The molecule has 3 atom stereocenters. The van der Waals surface area contributed by atoms with Gasteiger partial charge in [0.25, 0.3) is 5.91 Å². The minimum Gasteiger partial charge on any atom is -0.493 e. The molecule has 40 heavy (non-hydrogen) atoms. The third kappa shape index (κ3) is 14.0. The van der Waals surface area contributed by atoms with Gasteiger partial charge in [0.15, 0.2) is 0 Å². The Balaban J connectivity index is 2.96. The number of nitrogens with one attached hydrogen (secondary N) is 3. The minimum absolute atomic E-state index is 0.0517. The Labute approximate surface area is 239 Å². The predicted molar refractivity (Wildman–Crippen MR) is 155 cm³/mol. The topological polar surface area (TPSA) is 135 Å². The fourth-order valence-electron chi connectivity index (χ4n) is 3.83. The highest BCUT2D eigenvalue weighted by molar-refractivity contribution is 5.96. The molecule has 0 saturated carbocycles. The number of aliphatic hydroxyl groups is 1. The Kier molecular flexibility index (Phi) is 14.4. The second kappa shape index (κ2) is 16.4. The Morgan fingerprint density at radius 1 is 0.950 bits per heavy atom. The Morgan fingerprint density at radius 2 is 1.60 bits per heavy atom. The van der Waals surface area contributed by atoms with Gasteiger partial charge in [-0.05, 0) is 51.2 Å². The summed E-state index contributed by atoms with van der Waals surface area (Å²) < 4.78 is 16.3. The third-order valence-electron chi connectivity index (χ3n) is 6.14. The van der Waals surface area contributed by atoms with E-state index in [-0.39, 0.29) is 30.1 Å². The van der Waals surface area contributed by atoms with Crippen LogP contribution in [0.15, 0.2) is 24.3 Å². The van der Waals surface area contributed by atoms with Gasteiger partial charge in [0, 0.05) is 44.6 Å². The molecule has 0 fully saturated rings. The van der Waals surface area contributed by atoms with Crippen molar-refractivity contribution in [2.75, 3.05) is 26.9 Å². The van der Waals surface area contributed by atoms with E-state index in [9.17, 15) is 19.5 Å². The molecule has 0 unspecified atom stereocenters. The van der Waals surface area contributed by atoms with Crippen LogP contribution in [0.4, 0.5) is 4.79 Å². The first-order valence-electron chi connectivity index (χ1n) is 14.0. The van der Waals surface area contributed by atoms with Crippen LogP contribution in [0, 0.1) is 17.3 Å². The number of benzene rings is 1. The molecule has 10 nitrogen and oxygen atoms in total. The normalized spacial score (nSPS) is 14.2. The van der Waals surface area contributed by atoms with Crippen molar-refractivity contribution in [3.8, 4) is 5.75 Å². The number of amides is 3. The first kappa shape index (κ1) is 35.2. The molecule has 1 aromatic carbocycles.